The van der Waals surface area contributed by atoms with E-state index in [0.717, 1.165) is 20.2 Å². The van der Waals surface area contributed by atoms with E-state index in [1.807, 2.05) is 43.3 Å². The summed E-state index contributed by atoms with van der Waals surface area (Å²) < 4.78 is 23.5. The molecule has 27 heavy (non-hydrogen) atoms. The molecule has 2 aromatic carbocycles. The summed E-state index contributed by atoms with van der Waals surface area (Å²) in [5, 5.41) is 4.20. The van der Waals surface area contributed by atoms with Gasteiger partial charge in [0.15, 0.2) is 11.5 Å². The van der Waals surface area contributed by atoms with E-state index in [1.165, 1.54) is 0 Å². The molecule has 0 saturated carbocycles. The minimum Gasteiger partial charge on any atom is -0.454 e. The Kier molecular flexibility index (Phi) is 5.02. The SMILES string of the molecule is COC1Oc2cc3nc(C)nc(Nc4cccc(I)c4)c3cc2OC1OC. The van der Waals surface area contributed by atoms with Crippen molar-refractivity contribution in [3.63, 3.8) is 0 Å². The zero-order chi connectivity index (χ0) is 19.0. The first-order chi connectivity index (χ1) is 13.1. The molecule has 2 unspecified atom stereocenters. The highest BCUT2D eigenvalue weighted by Gasteiger charge is 2.32. The number of rotatable bonds is 4. The quantitative estimate of drug-likeness (QED) is 0.567. The predicted molar refractivity (Wildman–Crippen MR) is 110 cm³/mol. The molecule has 1 N–H and O–H groups in total. The summed E-state index contributed by atoms with van der Waals surface area (Å²) >= 11 is 2.28. The number of fused-ring (bicyclic) bond motifs is 2. The molecule has 2 heterocycles. The molecule has 0 fully saturated rings. The van der Waals surface area contributed by atoms with Crippen LogP contribution < -0.4 is 14.8 Å². The molecule has 2 atom stereocenters. The largest absolute Gasteiger partial charge is 0.454 e. The molecule has 1 aliphatic heterocycles. The molecular formula is C19H18IN3O4. The van der Waals surface area contributed by atoms with E-state index in [0.29, 0.717) is 23.1 Å². The predicted octanol–water partition coefficient (Wildman–Crippen LogP) is 4.00. The van der Waals surface area contributed by atoms with Crippen LogP contribution in [0, 0.1) is 10.5 Å². The molecule has 0 radical (unpaired) electrons. The summed E-state index contributed by atoms with van der Waals surface area (Å²) in [6.07, 6.45) is -1.30. The number of benzene rings is 2. The van der Waals surface area contributed by atoms with Crippen LogP contribution in [0.2, 0.25) is 0 Å². The third-order valence-electron chi connectivity index (χ3n) is 4.13. The Hall–Kier alpha value is -2.17. The standard InChI is InChI=1S/C19H18IN3O4/c1-10-21-14-9-16-15(26-18(24-2)19(25-3)27-16)8-13(14)17(22-10)23-12-6-4-5-11(20)7-12/h4-9,18-19H,1-3H3,(H,21,22,23). The number of nitrogens with zero attached hydrogens (tertiary/aromatic N) is 2. The van der Waals surface area contributed by atoms with Crippen molar-refractivity contribution in [2.24, 2.45) is 0 Å². The number of halogens is 1. The molecule has 0 aliphatic carbocycles. The van der Waals surface area contributed by atoms with Crippen molar-refractivity contribution in [1.82, 2.24) is 9.97 Å². The summed E-state index contributed by atoms with van der Waals surface area (Å²) in [5.41, 5.74) is 1.70. The number of nitrogens with one attached hydrogen (secondary N) is 1. The molecule has 140 valence electrons. The molecule has 0 saturated heterocycles. The molecule has 0 bridgehead atoms. The lowest BCUT2D eigenvalue weighted by Gasteiger charge is -2.31. The second-order valence-electron chi connectivity index (χ2n) is 6.01. The number of anilines is 2. The van der Waals surface area contributed by atoms with Crippen molar-refractivity contribution in [3.8, 4) is 11.5 Å². The Morgan fingerprint density at radius 1 is 1.00 bits per heavy atom. The average molecular weight is 479 g/mol. The fourth-order valence-electron chi connectivity index (χ4n) is 2.92. The maximum absolute atomic E-state index is 5.89. The van der Waals surface area contributed by atoms with Gasteiger partial charge in [0.1, 0.15) is 11.6 Å². The maximum Gasteiger partial charge on any atom is 0.263 e. The van der Waals surface area contributed by atoms with Gasteiger partial charge in [-0.2, -0.15) is 0 Å². The molecule has 0 spiro atoms. The third-order valence-corrected chi connectivity index (χ3v) is 4.80. The van der Waals surface area contributed by atoms with Gasteiger partial charge in [0.05, 0.1) is 5.52 Å². The van der Waals surface area contributed by atoms with Crippen molar-refractivity contribution < 1.29 is 18.9 Å². The van der Waals surface area contributed by atoms with Crippen LogP contribution >= 0.6 is 22.6 Å². The van der Waals surface area contributed by atoms with Gasteiger partial charge in [0, 0.05) is 34.9 Å². The number of methoxy groups -OCH3 is 2. The van der Waals surface area contributed by atoms with Gasteiger partial charge in [-0.3, -0.25) is 0 Å². The summed E-state index contributed by atoms with van der Waals surface area (Å²) in [4.78, 5) is 9.10. The lowest BCUT2D eigenvalue weighted by atomic mass is 10.2. The van der Waals surface area contributed by atoms with Crippen molar-refractivity contribution in [1.29, 1.82) is 0 Å². The van der Waals surface area contributed by atoms with E-state index < -0.39 is 12.6 Å². The first kappa shape index (κ1) is 18.2. The van der Waals surface area contributed by atoms with E-state index in [9.17, 15) is 0 Å². The Bertz CT molecular complexity index is 998. The van der Waals surface area contributed by atoms with E-state index in [-0.39, 0.29) is 0 Å². The van der Waals surface area contributed by atoms with Crippen molar-refractivity contribution >= 4 is 45.0 Å². The van der Waals surface area contributed by atoms with Crippen LogP contribution in [0.15, 0.2) is 36.4 Å². The molecule has 3 aromatic rings. The van der Waals surface area contributed by atoms with Crippen LogP contribution in [-0.4, -0.2) is 36.8 Å². The fraction of sp³-hybridized carbons (Fsp3) is 0.263. The van der Waals surface area contributed by atoms with Crippen molar-refractivity contribution in [2.45, 2.75) is 19.5 Å². The van der Waals surface area contributed by atoms with Gasteiger partial charge in [0.2, 0.25) is 0 Å². The average Bonchev–Trinajstić information content (AvgIpc) is 2.65. The van der Waals surface area contributed by atoms with Crippen LogP contribution in [0.4, 0.5) is 11.5 Å². The van der Waals surface area contributed by atoms with Gasteiger partial charge >= 0.3 is 0 Å². The lowest BCUT2D eigenvalue weighted by molar-refractivity contribution is -0.223. The Balaban J connectivity index is 1.79. The van der Waals surface area contributed by atoms with Gasteiger partial charge in [-0.05, 0) is 53.8 Å². The smallest absolute Gasteiger partial charge is 0.263 e. The van der Waals surface area contributed by atoms with Gasteiger partial charge in [-0.25, -0.2) is 9.97 Å². The van der Waals surface area contributed by atoms with Crippen molar-refractivity contribution in [2.75, 3.05) is 19.5 Å². The first-order valence-corrected chi connectivity index (χ1v) is 9.39. The van der Waals surface area contributed by atoms with E-state index in [2.05, 4.69) is 37.9 Å². The first-order valence-electron chi connectivity index (χ1n) is 8.31. The summed E-state index contributed by atoms with van der Waals surface area (Å²) in [6, 6.07) is 11.8. The Morgan fingerprint density at radius 2 is 1.70 bits per heavy atom. The van der Waals surface area contributed by atoms with Gasteiger partial charge in [0.25, 0.3) is 12.6 Å². The zero-order valence-corrected chi connectivity index (χ0v) is 17.2. The summed E-state index contributed by atoms with van der Waals surface area (Å²) in [7, 11) is 3.09. The van der Waals surface area contributed by atoms with Crippen LogP contribution in [0.5, 0.6) is 11.5 Å². The minimum absolute atomic E-state index is 0.556. The lowest BCUT2D eigenvalue weighted by Crippen LogP contribution is -2.42. The summed E-state index contributed by atoms with van der Waals surface area (Å²) in [6.45, 7) is 1.86. The van der Waals surface area contributed by atoms with Crippen LogP contribution in [-0.2, 0) is 9.47 Å². The molecule has 0 amide bonds. The van der Waals surface area contributed by atoms with E-state index in [4.69, 9.17) is 18.9 Å². The topological polar surface area (TPSA) is 74.7 Å². The number of hydrogen-bond acceptors (Lipinski definition) is 7. The van der Waals surface area contributed by atoms with Gasteiger partial charge < -0.3 is 24.3 Å². The van der Waals surface area contributed by atoms with Crippen LogP contribution in [0.25, 0.3) is 10.9 Å². The highest BCUT2D eigenvalue weighted by atomic mass is 127. The molecule has 7 nitrogen and oxygen atoms in total. The monoisotopic (exact) mass is 479 g/mol. The zero-order valence-electron chi connectivity index (χ0n) is 15.0. The molecule has 4 rings (SSSR count). The van der Waals surface area contributed by atoms with E-state index in [1.54, 1.807) is 14.2 Å². The van der Waals surface area contributed by atoms with Crippen LogP contribution in [0.1, 0.15) is 5.82 Å². The second-order valence-corrected chi connectivity index (χ2v) is 7.26. The van der Waals surface area contributed by atoms with Gasteiger partial charge in [-0.1, -0.05) is 6.07 Å². The maximum atomic E-state index is 5.89. The third kappa shape index (κ3) is 3.64. The number of hydrogen-bond donors (Lipinski definition) is 1. The Labute approximate surface area is 170 Å². The molecular weight excluding hydrogens is 461 g/mol. The highest BCUT2D eigenvalue weighted by Crippen LogP contribution is 2.39. The van der Waals surface area contributed by atoms with E-state index >= 15 is 0 Å². The normalized spacial score (nSPS) is 18.5. The highest BCUT2D eigenvalue weighted by molar-refractivity contribution is 14.1. The number of ether oxygens (including phenoxy) is 4. The Morgan fingerprint density at radius 3 is 2.37 bits per heavy atom. The molecule has 1 aliphatic rings. The minimum atomic E-state index is -0.654. The van der Waals surface area contributed by atoms with Gasteiger partial charge in [-0.15, -0.1) is 0 Å². The fourth-order valence-corrected chi connectivity index (χ4v) is 3.46. The van der Waals surface area contributed by atoms with Crippen LogP contribution in [0.3, 0.4) is 0 Å². The second kappa shape index (κ2) is 7.45. The van der Waals surface area contributed by atoms with Crippen molar-refractivity contribution in [3.05, 3.63) is 45.8 Å². The summed E-state index contributed by atoms with van der Waals surface area (Å²) in [5.74, 6) is 2.47. The molecule has 8 heteroatoms. The molecule has 1 aromatic heterocycles. The number of aryl methyl sites for hydroxylation is 1. The number of aromatic nitrogens is 2.